The molecule has 186 valence electrons. The molecule has 0 aromatic rings. The second-order valence-corrected chi connectivity index (χ2v) is 9.06. The number of hydrogen-bond acceptors (Lipinski definition) is 6. The van der Waals surface area contributed by atoms with Crippen molar-refractivity contribution in [3.8, 4) is 0 Å². The van der Waals surface area contributed by atoms with Crippen LogP contribution in [0.2, 0.25) is 0 Å². The Morgan fingerprint density at radius 1 is 1.00 bits per heavy atom. The summed E-state index contributed by atoms with van der Waals surface area (Å²) in [6.07, 6.45) is 1.37. The summed E-state index contributed by atoms with van der Waals surface area (Å²) >= 11 is 0. The van der Waals surface area contributed by atoms with Crippen LogP contribution in [0, 0.1) is 5.92 Å². The second-order valence-electron chi connectivity index (χ2n) is 9.06. The number of ether oxygens (including phenoxy) is 2. The Balaban J connectivity index is 0.00000512. The van der Waals surface area contributed by atoms with Crippen LogP contribution in [0.4, 0.5) is 4.79 Å². The number of amides is 1. The molecule has 2 aliphatic rings. The first-order chi connectivity index (χ1) is 14.7. The number of nitrogens with one attached hydrogen (secondary N) is 1. The van der Waals surface area contributed by atoms with Crippen LogP contribution < -0.4 is 5.32 Å². The minimum Gasteiger partial charge on any atom is -0.466 e. The summed E-state index contributed by atoms with van der Waals surface area (Å²) in [5, 5.41) is 3.37. The number of guanidine groups is 1. The molecule has 0 aromatic heterocycles. The van der Waals surface area contributed by atoms with Crippen LogP contribution >= 0.6 is 24.0 Å². The molecule has 1 amide bonds. The standard InChI is InChI=1S/C22H41N5O4.HI/c1-6-23-20(26-11-8-18(9-12-26)19(28)30-7-2)24-10-13-25-14-16-27(17-15-25)21(29)31-22(3,4)5;/h18H,6-17H2,1-5H3,(H,23,24);1H. The molecule has 2 aliphatic heterocycles. The maximum Gasteiger partial charge on any atom is 0.410 e. The third-order valence-electron chi connectivity index (χ3n) is 5.45. The highest BCUT2D eigenvalue weighted by molar-refractivity contribution is 14.0. The number of carbonyl (C=O) groups is 2. The van der Waals surface area contributed by atoms with Crippen LogP contribution in [0.5, 0.6) is 0 Å². The molecule has 0 spiro atoms. The lowest BCUT2D eigenvalue weighted by Gasteiger charge is -2.35. The van der Waals surface area contributed by atoms with Gasteiger partial charge < -0.3 is 24.6 Å². The van der Waals surface area contributed by atoms with E-state index in [0.29, 0.717) is 26.2 Å². The average molecular weight is 568 g/mol. The van der Waals surface area contributed by atoms with Crippen LogP contribution in [-0.4, -0.2) is 104 Å². The fraction of sp³-hybridized carbons (Fsp3) is 0.864. The van der Waals surface area contributed by atoms with Crippen molar-refractivity contribution in [2.45, 2.75) is 53.1 Å². The molecule has 2 rings (SSSR count). The van der Waals surface area contributed by atoms with E-state index in [2.05, 4.69) is 22.0 Å². The van der Waals surface area contributed by atoms with E-state index in [1.807, 2.05) is 27.7 Å². The predicted octanol–water partition coefficient (Wildman–Crippen LogP) is 2.40. The summed E-state index contributed by atoms with van der Waals surface area (Å²) in [4.78, 5) is 35.3. The maximum absolute atomic E-state index is 12.2. The Morgan fingerprint density at radius 2 is 1.62 bits per heavy atom. The molecule has 1 N–H and O–H groups in total. The third kappa shape index (κ3) is 9.68. The van der Waals surface area contributed by atoms with Gasteiger partial charge in [-0.1, -0.05) is 0 Å². The van der Waals surface area contributed by atoms with Crippen molar-refractivity contribution in [1.82, 2.24) is 20.0 Å². The smallest absolute Gasteiger partial charge is 0.410 e. The number of esters is 1. The normalized spacial score (nSPS) is 18.7. The molecule has 0 unspecified atom stereocenters. The van der Waals surface area contributed by atoms with Gasteiger partial charge in [-0.05, 0) is 47.5 Å². The van der Waals surface area contributed by atoms with Gasteiger partial charge in [-0.15, -0.1) is 24.0 Å². The lowest BCUT2D eigenvalue weighted by atomic mass is 9.97. The molecule has 0 radical (unpaired) electrons. The Hall–Kier alpha value is -1.30. The van der Waals surface area contributed by atoms with Gasteiger partial charge in [0.25, 0.3) is 0 Å². The van der Waals surface area contributed by atoms with Crippen molar-refractivity contribution in [2.24, 2.45) is 10.9 Å². The zero-order valence-corrected chi connectivity index (χ0v) is 22.7. The van der Waals surface area contributed by atoms with Crippen LogP contribution in [0.15, 0.2) is 4.99 Å². The highest BCUT2D eigenvalue weighted by Crippen LogP contribution is 2.19. The molecule has 32 heavy (non-hydrogen) atoms. The van der Waals surface area contributed by atoms with Gasteiger partial charge in [0.15, 0.2) is 5.96 Å². The molecule has 0 bridgehead atoms. The van der Waals surface area contributed by atoms with Gasteiger partial charge >= 0.3 is 12.1 Å². The lowest BCUT2D eigenvalue weighted by Crippen LogP contribution is -2.50. The first kappa shape index (κ1) is 28.7. The molecule has 9 nitrogen and oxygen atoms in total. The summed E-state index contributed by atoms with van der Waals surface area (Å²) in [7, 11) is 0. The molecule has 10 heteroatoms. The van der Waals surface area contributed by atoms with E-state index in [9.17, 15) is 9.59 Å². The quantitative estimate of drug-likeness (QED) is 0.228. The lowest BCUT2D eigenvalue weighted by molar-refractivity contribution is -0.149. The van der Waals surface area contributed by atoms with Gasteiger partial charge in [0.2, 0.25) is 0 Å². The van der Waals surface area contributed by atoms with Crippen molar-refractivity contribution < 1.29 is 19.1 Å². The first-order valence-electron chi connectivity index (χ1n) is 11.6. The molecular weight excluding hydrogens is 525 g/mol. The monoisotopic (exact) mass is 567 g/mol. The molecule has 0 aliphatic carbocycles. The number of nitrogens with zero attached hydrogens (tertiary/aromatic N) is 4. The van der Waals surface area contributed by atoms with Crippen molar-refractivity contribution in [1.29, 1.82) is 0 Å². The van der Waals surface area contributed by atoms with Crippen molar-refractivity contribution in [3.63, 3.8) is 0 Å². The second kappa shape index (κ2) is 14.1. The van der Waals surface area contributed by atoms with E-state index in [0.717, 1.165) is 58.1 Å². The molecule has 0 aromatic carbocycles. The topological polar surface area (TPSA) is 86.7 Å². The number of halogens is 1. The SMILES string of the molecule is CCNC(=NCCN1CCN(C(=O)OC(C)(C)C)CC1)N1CCC(C(=O)OCC)CC1.I. The average Bonchev–Trinajstić information content (AvgIpc) is 2.72. The van der Waals surface area contributed by atoms with E-state index >= 15 is 0 Å². The molecule has 0 atom stereocenters. The number of piperidine rings is 1. The first-order valence-corrected chi connectivity index (χ1v) is 11.6. The van der Waals surface area contributed by atoms with E-state index in [1.54, 1.807) is 4.90 Å². The van der Waals surface area contributed by atoms with E-state index in [1.165, 1.54) is 0 Å². The summed E-state index contributed by atoms with van der Waals surface area (Å²) in [5.74, 6) is 0.840. The summed E-state index contributed by atoms with van der Waals surface area (Å²) in [6.45, 7) is 17.0. The Morgan fingerprint density at radius 3 is 2.16 bits per heavy atom. The number of carbonyl (C=O) groups excluding carboxylic acids is 2. The Bertz CT molecular complexity index is 610. The molecular formula is C22H42IN5O4. The zero-order valence-electron chi connectivity index (χ0n) is 20.4. The number of piperazine rings is 1. The van der Waals surface area contributed by atoms with Crippen molar-refractivity contribution >= 4 is 42.0 Å². The van der Waals surface area contributed by atoms with Gasteiger partial charge in [-0.3, -0.25) is 14.7 Å². The summed E-state index contributed by atoms with van der Waals surface area (Å²) in [5.41, 5.74) is -0.462. The third-order valence-corrected chi connectivity index (χ3v) is 5.45. The van der Waals surface area contributed by atoms with Gasteiger partial charge in [-0.25, -0.2) is 4.79 Å². The number of hydrogen-bond donors (Lipinski definition) is 1. The molecule has 2 heterocycles. The molecule has 2 fully saturated rings. The van der Waals surface area contributed by atoms with Gasteiger partial charge in [0.05, 0.1) is 19.1 Å². The number of likely N-dealkylation sites (tertiary alicyclic amines) is 1. The van der Waals surface area contributed by atoms with Crippen LogP contribution in [0.25, 0.3) is 0 Å². The van der Waals surface area contributed by atoms with E-state index < -0.39 is 5.60 Å². The fourth-order valence-electron chi connectivity index (χ4n) is 3.79. The minimum atomic E-state index is -0.462. The largest absolute Gasteiger partial charge is 0.466 e. The Labute approximate surface area is 210 Å². The van der Waals surface area contributed by atoms with Crippen molar-refractivity contribution in [2.75, 3.05) is 65.5 Å². The van der Waals surface area contributed by atoms with Crippen LogP contribution in [0.3, 0.4) is 0 Å². The van der Waals surface area contributed by atoms with E-state index in [-0.39, 0.29) is 42.0 Å². The van der Waals surface area contributed by atoms with Crippen LogP contribution in [-0.2, 0) is 14.3 Å². The molecule has 0 saturated carbocycles. The number of aliphatic imine (C=N–C) groups is 1. The summed E-state index contributed by atoms with van der Waals surface area (Å²) in [6, 6.07) is 0. The fourth-order valence-corrected chi connectivity index (χ4v) is 3.79. The van der Waals surface area contributed by atoms with Gasteiger partial charge in [0, 0.05) is 52.4 Å². The number of rotatable bonds is 6. The summed E-state index contributed by atoms with van der Waals surface area (Å²) < 4.78 is 10.6. The van der Waals surface area contributed by atoms with Crippen molar-refractivity contribution in [3.05, 3.63) is 0 Å². The Kier molecular flexibility index (Phi) is 12.6. The van der Waals surface area contributed by atoms with E-state index in [4.69, 9.17) is 14.5 Å². The minimum absolute atomic E-state index is 0. The molecule has 2 saturated heterocycles. The predicted molar refractivity (Wildman–Crippen MR) is 137 cm³/mol. The highest BCUT2D eigenvalue weighted by Gasteiger charge is 2.28. The van der Waals surface area contributed by atoms with Gasteiger partial charge in [-0.2, -0.15) is 0 Å². The van der Waals surface area contributed by atoms with Crippen LogP contribution in [0.1, 0.15) is 47.5 Å². The van der Waals surface area contributed by atoms with Gasteiger partial charge in [0.1, 0.15) is 5.60 Å². The maximum atomic E-state index is 12.2. The highest BCUT2D eigenvalue weighted by atomic mass is 127. The zero-order chi connectivity index (χ0) is 22.9.